The Kier molecular flexibility index (Phi) is 5.08. The van der Waals surface area contributed by atoms with Crippen molar-refractivity contribution in [1.82, 2.24) is 14.5 Å². The summed E-state index contributed by atoms with van der Waals surface area (Å²) in [5, 5.41) is 3.25. The molecule has 0 bridgehead atoms. The van der Waals surface area contributed by atoms with E-state index < -0.39 is 11.7 Å². The van der Waals surface area contributed by atoms with Crippen molar-refractivity contribution in [3.05, 3.63) is 46.8 Å². The number of aromatic nitrogens is 3. The van der Waals surface area contributed by atoms with Crippen LogP contribution >= 0.6 is 23.1 Å². The first-order valence-electron chi connectivity index (χ1n) is 8.35. The molecule has 0 unspecified atom stereocenters. The van der Waals surface area contributed by atoms with E-state index >= 15 is 0 Å². The van der Waals surface area contributed by atoms with Gasteiger partial charge in [-0.05, 0) is 12.1 Å². The Morgan fingerprint density at radius 3 is 2.81 bits per heavy atom. The van der Waals surface area contributed by atoms with Gasteiger partial charge in [-0.2, -0.15) is 16.7 Å². The number of thioether (sulfide) groups is 1. The van der Waals surface area contributed by atoms with Gasteiger partial charge in [0.1, 0.15) is 23.4 Å². The first-order chi connectivity index (χ1) is 13.1. The van der Waals surface area contributed by atoms with Crippen molar-refractivity contribution >= 4 is 50.2 Å². The Morgan fingerprint density at radius 1 is 1.26 bits per heavy atom. The van der Waals surface area contributed by atoms with Gasteiger partial charge in [-0.25, -0.2) is 9.37 Å². The van der Waals surface area contributed by atoms with Crippen LogP contribution in [0, 0.1) is 5.82 Å². The molecule has 1 aromatic carbocycles. The van der Waals surface area contributed by atoms with Gasteiger partial charge in [-0.15, -0.1) is 0 Å². The highest BCUT2D eigenvalue weighted by Crippen LogP contribution is 2.27. The molecule has 1 saturated heterocycles. The number of anilines is 2. The van der Waals surface area contributed by atoms with Gasteiger partial charge in [0.15, 0.2) is 10.8 Å². The number of carbonyl (C=O) groups excluding carboxylic acids is 1. The van der Waals surface area contributed by atoms with E-state index in [0.717, 1.165) is 29.7 Å². The predicted octanol–water partition coefficient (Wildman–Crippen LogP) is 2.18. The highest BCUT2D eigenvalue weighted by atomic mass is 32.2. The Morgan fingerprint density at radius 2 is 2.04 bits per heavy atom. The molecular formula is C17H16FN5O2S2. The molecule has 140 valence electrons. The van der Waals surface area contributed by atoms with E-state index in [9.17, 15) is 14.0 Å². The van der Waals surface area contributed by atoms with Crippen molar-refractivity contribution in [3.8, 4) is 0 Å². The van der Waals surface area contributed by atoms with Gasteiger partial charge >= 0.3 is 0 Å². The third-order valence-corrected chi connectivity index (χ3v) is 6.15. The summed E-state index contributed by atoms with van der Waals surface area (Å²) in [6.45, 7) is 1.54. The topological polar surface area (TPSA) is 80.1 Å². The molecule has 0 saturated carbocycles. The van der Waals surface area contributed by atoms with Gasteiger partial charge in [-0.1, -0.05) is 23.5 Å². The number of nitrogens with one attached hydrogen (secondary N) is 1. The standard InChI is InChI=1S/C17H16FN5O2S2/c18-11-3-1-2-4-12(11)20-13(24)9-23-10-19-15-14(16(23)25)27-17(21-15)22-5-7-26-8-6-22/h1-4,10H,5-9H2,(H,20,24). The molecule has 1 aliphatic rings. The maximum Gasteiger partial charge on any atom is 0.273 e. The van der Waals surface area contributed by atoms with E-state index in [1.54, 1.807) is 6.07 Å². The molecule has 0 aliphatic carbocycles. The largest absolute Gasteiger partial charge is 0.346 e. The fourth-order valence-corrected chi connectivity index (χ4v) is 4.67. The van der Waals surface area contributed by atoms with Crippen LogP contribution in [0.3, 0.4) is 0 Å². The fraction of sp³-hybridized carbons (Fsp3) is 0.294. The average Bonchev–Trinajstić information content (AvgIpc) is 3.12. The van der Waals surface area contributed by atoms with Crippen molar-refractivity contribution in [2.75, 3.05) is 34.8 Å². The maximum absolute atomic E-state index is 13.6. The second kappa shape index (κ2) is 7.65. The van der Waals surface area contributed by atoms with E-state index in [-0.39, 0.29) is 17.8 Å². The monoisotopic (exact) mass is 405 g/mol. The van der Waals surface area contributed by atoms with E-state index in [4.69, 9.17) is 0 Å². The fourth-order valence-electron chi connectivity index (χ4n) is 2.74. The number of para-hydroxylation sites is 1. The summed E-state index contributed by atoms with van der Waals surface area (Å²) in [6.07, 6.45) is 1.31. The van der Waals surface area contributed by atoms with Crippen LogP contribution in [0.1, 0.15) is 0 Å². The third kappa shape index (κ3) is 3.81. The zero-order valence-electron chi connectivity index (χ0n) is 14.2. The molecule has 1 N–H and O–H groups in total. The quantitative estimate of drug-likeness (QED) is 0.717. The van der Waals surface area contributed by atoms with Crippen molar-refractivity contribution < 1.29 is 9.18 Å². The third-order valence-electron chi connectivity index (χ3n) is 4.12. The predicted molar refractivity (Wildman–Crippen MR) is 106 cm³/mol. The lowest BCUT2D eigenvalue weighted by atomic mass is 10.3. The second-order valence-corrected chi connectivity index (χ2v) is 8.16. The number of amides is 1. The molecule has 0 atom stereocenters. The van der Waals surface area contributed by atoms with E-state index in [2.05, 4.69) is 20.2 Å². The SMILES string of the molecule is O=C(Cn1cnc2nc(N3CCSCC3)sc2c1=O)Nc1ccccc1F. The molecule has 10 heteroatoms. The first-order valence-corrected chi connectivity index (χ1v) is 10.3. The molecule has 27 heavy (non-hydrogen) atoms. The van der Waals surface area contributed by atoms with Gasteiger partial charge < -0.3 is 10.2 Å². The first kappa shape index (κ1) is 17.9. The number of nitrogens with zero attached hydrogens (tertiary/aromatic N) is 4. The van der Waals surface area contributed by atoms with Crippen molar-refractivity contribution in [3.63, 3.8) is 0 Å². The van der Waals surface area contributed by atoms with Gasteiger partial charge in [-0.3, -0.25) is 14.2 Å². The van der Waals surface area contributed by atoms with E-state index in [0.29, 0.717) is 10.3 Å². The Labute approximate surface area is 162 Å². The molecule has 0 radical (unpaired) electrons. The Balaban J connectivity index is 1.55. The lowest BCUT2D eigenvalue weighted by Crippen LogP contribution is -2.32. The van der Waals surface area contributed by atoms with Crippen molar-refractivity contribution in [1.29, 1.82) is 0 Å². The molecular weight excluding hydrogens is 389 g/mol. The minimum absolute atomic E-state index is 0.0765. The molecule has 7 nitrogen and oxygen atoms in total. The molecule has 1 aliphatic heterocycles. The van der Waals surface area contributed by atoms with Crippen LogP contribution in [0.15, 0.2) is 35.4 Å². The number of fused-ring (bicyclic) bond motifs is 1. The number of hydrogen-bond donors (Lipinski definition) is 1. The number of carbonyl (C=O) groups is 1. The van der Waals surface area contributed by atoms with Crippen LogP contribution in [0.5, 0.6) is 0 Å². The number of benzene rings is 1. The van der Waals surface area contributed by atoms with E-state index in [1.165, 1.54) is 40.4 Å². The van der Waals surface area contributed by atoms with Crippen molar-refractivity contribution in [2.45, 2.75) is 6.54 Å². The van der Waals surface area contributed by atoms with Gasteiger partial charge in [0.05, 0.1) is 5.69 Å². The molecule has 0 spiro atoms. The number of halogens is 1. The zero-order valence-corrected chi connectivity index (χ0v) is 15.9. The van der Waals surface area contributed by atoms with Crippen LogP contribution in [-0.4, -0.2) is 45.0 Å². The molecule has 1 amide bonds. The van der Waals surface area contributed by atoms with E-state index in [1.807, 2.05) is 11.8 Å². The number of thiazole rings is 1. The summed E-state index contributed by atoms with van der Waals surface area (Å²) in [6, 6.07) is 5.88. The second-order valence-electron chi connectivity index (χ2n) is 5.95. The number of rotatable bonds is 4. The van der Waals surface area contributed by atoms with Crippen LogP contribution in [0.2, 0.25) is 0 Å². The van der Waals surface area contributed by atoms with Gasteiger partial charge in [0.25, 0.3) is 5.56 Å². The highest BCUT2D eigenvalue weighted by Gasteiger charge is 2.18. The van der Waals surface area contributed by atoms with Crippen LogP contribution in [-0.2, 0) is 11.3 Å². The summed E-state index contributed by atoms with van der Waals surface area (Å²) in [5.41, 5.74) is 0.149. The summed E-state index contributed by atoms with van der Waals surface area (Å²) in [7, 11) is 0. The summed E-state index contributed by atoms with van der Waals surface area (Å²) >= 11 is 3.19. The zero-order chi connectivity index (χ0) is 18.8. The summed E-state index contributed by atoms with van der Waals surface area (Å²) in [5.74, 6) is 1.04. The normalized spacial score (nSPS) is 14.5. The molecule has 3 aromatic rings. The summed E-state index contributed by atoms with van der Waals surface area (Å²) in [4.78, 5) is 35.7. The molecule has 4 rings (SSSR count). The highest BCUT2D eigenvalue weighted by molar-refractivity contribution is 7.99. The van der Waals surface area contributed by atoms with Gasteiger partial charge in [0.2, 0.25) is 5.91 Å². The molecule has 2 aromatic heterocycles. The van der Waals surface area contributed by atoms with Crippen LogP contribution in [0.25, 0.3) is 10.3 Å². The Bertz CT molecular complexity index is 1050. The Hall–Kier alpha value is -2.46. The van der Waals surface area contributed by atoms with Crippen molar-refractivity contribution in [2.24, 2.45) is 0 Å². The minimum Gasteiger partial charge on any atom is -0.346 e. The molecule has 3 heterocycles. The minimum atomic E-state index is -0.529. The molecule has 1 fully saturated rings. The van der Waals surface area contributed by atoms with Crippen LogP contribution < -0.4 is 15.8 Å². The lowest BCUT2D eigenvalue weighted by molar-refractivity contribution is -0.116. The lowest BCUT2D eigenvalue weighted by Gasteiger charge is -2.25. The van der Waals surface area contributed by atoms with Crippen LogP contribution in [0.4, 0.5) is 15.2 Å². The smallest absolute Gasteiger partial charge is 0.273 e. The summed E-state index contributed by atoms with van der Waals surface area (Å²) < 4.78 is 15.3. The number of hydrogen-bond acceptors (Lipinski definition) is 7. The van der Waals surface area contributed by atoms with Gasteiger partial charge in [0, 0.05) is 24.6 Å². The maximum atomic E-state index is 13.6. The average molecular weight is 405 g/mol.